The lowest BCUT2D eigenvalue weighted by atomic mass is 9.83. The van der Waals surface area contributed by atoms with E-state index in [4.69, 9.17) is 14.2 Å². The van der Waals surface area contributed by atoms with Gasteiger partial charge in [-0.1, -0.05) is 12.1 Å². The lowest BCUT2D eigenvalue weighted by molar-refractivity contribution is -0.125. The number of methoxy groups -OCH3 is 3. The van der Waals surface area contributed by atoms with Gasteiger partial charge in [-0.2, -0.15) is 0 Å². The Balaban J connectivity index is 1.72. The van der Waals surface area contributed by atoms with Gasteiger partial charge >= 0.3 is 0 Å². The van der Waals surface area contributed by atoms with Gasteiger partial charge in [-0.25, -0.2) is 4.39 Å². The smallest absolute Gasteiger partial charge is 0.230 e. The number of benzene rings is 3. The Bertz CT molecular complexity index is 1200. The van der Waals surface area contributed by atoms with Gasteiger partial charge in [-0.3, -0.25) is 9.59 Å². The van der Waals surface area contributed by atoms with E-state index in [2.05, 4.69) is 5.32 Å². The van der Waals surface area contributed by atoms with E-state index in [9.17, 15) is 14.0 Å². The van der Waals surface area contributed by atoms with Crippen LogP contribution in [0.25, 0.3) is 0 Å². The van der Waals surface area contributed by atoms with Gasteiger partial charge in [-0.05, 0) is 60.5 Å². The van der Waals surface area contributed by atoms with Gasteiger partial charge in [0.1, 0.15) is 23.1 Å². The summed E-state index contributed by atoms with van der Waals surface area (Å²) >= 11 is 0. The molecule has 1 N–H and O–H groups in total. The second-order valence-electron chi connectivity index (χ2n) is 8.16. The van der Waals surface area contributed by atoms with Gasteiger partial charge in [0.05, 0.1) is 39.0 Å². The fourth-order valence-electron chi connectivity index (χ4n) is 4.38. The summed E-state index contributed by atoms with van der Waals surface area (Å²) < 4.78 is 29.6. The van der Waals surface area contributed by atoms with Crippen LogP contribution in [0, 0.1) is 11.7 Å². The van der Waals surface area contributed by atoms with Crippen molar-refractivity contribution in [2.75, 3.05) is 31.5 Å². The average Bonchev–Trinajstić information content (AvgIpc) is 2.89. The first-order valence-electron chi connectivity index (χ1n) is 11.2. The summed E-state index contributed by atoms with van der Waals surface area (Å²) in [6.07, 6.45) is 0.541. The van der Waals surface area contributed by atoms with Crippen LogP contribution in [0.4, 0.5) is 15.8 Å². The molecule has 0 radical (unpaired) electrons. The monoisotopic (exact) mass is 478 g/mol. The van der Waals surface area contributed by atoms with Crippen molar-refractivity contribution in [3.63, 3.8) is 0 Å². The summed E-state index contributed by atoms with van der Waals surface area (Å²) in [7, 11) is 4.62. The Morgan fingerprint density at radius 2 is 1.57 bits per heavy atom. The van der Waals surface area contributed by atoms with Gasteiger partial charge in [0.25, 0.3) is 0 Å². The van der Waals surface area contributed by atoms with Crippen LogP contribution in [0.1, 0.15) is 24.4 Å². The molecule has 0 unspecified atom stereocenters. The number of carbonyl (C=O) groups is 2. The molecule has 8 heteroatoms. The molecule has 2 atom stereocenters. The number of rotatable bonds is 7. The van der Waals surface area contributed by atoms with Crippen molar-refractivity contribution in [1.29, 1.82) is 0 Å². The molecule has 0 aromatic heterocycles. The normalized spacial score (nSPS) is 17.6. The number of halogens is 1. The van der Waals surface area contributed by atoms with Gasteiger partial charge in [-0.15, -0.1) is 0 Å². The van der Waals surface area contributed by atoms with Crippen molar-refractivity contribution in [2.24, 2.45) is 5.92 Å². The molecule has 0 saturated carbocycles. The van der Waals surface area contributed by atoms with Crippen molar-refractivity contribution in [2.45, 2.75) is 18.9 Å². The number of ether oxygens (including phenoxy) is 3. The molecule has 182 valence electrons. The van der Waals surface area contributed by atoms with Crippen molar-refractivity contribution in [3.05, 3.63) is 78.1 Å². The lowest BCUT2D eigenvalue weighted by Gasteiger charge is -2.41. The predicted molar refractivity (Wildman–Crippen MR) is 131 cm³/mol. The van der Waals surface area contributed by atoms with Crippen molar-refractivity contribution >= 4 is 23.2 Å². The van der Waals surface area contributed by atoms with Crippen molar-refractivity contribution in [1.82, 2.24) is 0 Å². The van der Waals surface area contributed by atoms with E-state index in [0.29, 0.717) is 40.6 Å². The molecule has 3 aromatic rings. The van der Waals surface area contributed by atoms with Crippen molar-refractivity contribution < 1.29 is 28.2 Å². The summed E-state index contributed by atoms with van der Waals surface area (Å²) in [5.41, 5.74) is 1.78. The quantitative estimate of drug-likeness (QED) is 0.519. The number of amides is 2. The standard InChI is InChI=1S/C27H27FN2O5/c1-33-20-10-8-19(9-11-20)30-25(31)15-13-22(26(30)17-4-6-18(28)7-5-17)27(32)29-23-14-12-21(34-2)16-24(23)35-3/h4-12,14,16,22,26H,13,15H2,1-3H3,(H,29,32)/t22-,26+/m0/s1. The van der Waals surface area contributed by atoms with Gasteiger partial charge in [0.15, 0.2) is 0 Å². The zero-order valence-electron chi connectivity index (χ0n) is 19.8. The molecule has 3 aromatic carbocycles. The molecule has 1 heterocycles. The molecule has 0 aliphatic carbocycles. The minimum atomic E-state index is -0.630. The summed E-state index contributed by atoms with van der Waals surface area (Å²) in [5, 5.41) is 2.95. The molecule has 0 spiro atoms. The summed E-state index contributed by atoms with van der Waals surface area (Å²) in [5.74, 6) is 0.331. The average molecular weight is 479 g/mol. The Hall–Kier alpha value is -4.07. The van der Waals surface area contributed by atoms with E-state index < -0.39 is 17.8 Å². The second-order valence-corrected chi connectivity index (χ2v) is 8.16. The molecule has 1 aliphatic heterocycles. The Kier molecular flexibility index (Phi) is 7.19. The maximum atomic E-state index is 13.7. The summed E-state index contributed by atoms with van der Waals surface area (Å²) in [4.78, 5) is 28.4. The molecule has 2 amide bonds. The zero-order valence-corrected chi connectivity index (χ0v) is 19.8. The second kappa shape index (κ2) is 10.5. The highest BCUT2D eigenvalue weighted by molar-refractivity contribution is 6.00. The number of hydrogen-bond acceptors (Lipinski definition) is 5. The highest BCUT2D eigenvalue weighted by Crippen LogP contribution is 2.41. The minimum Gasteiger partial charge on any atom is -0.497 e. The summed E-state index contributed by atoms with van der Waals surface area (Å²) in [6, 6.07) is 17.5. The minimum absolute atomic E-state index is 0.115. The molecule has 1 fully saturated rings. The topological polar surface area (TPSA) is 77.1 Å². The van der Waals surface area contributed by atoms with Gasteiger partial charge < -0.3 is 24.4 Å². The molecular weight excluding hydrogens is 451 g/mol. The number of nitrogens with one attached hydrogen (secondary N) is 1. The summed E-state index contributed by atoms with van der Waals surface area (Å²) in [6.45, 7) is 0. The molecular formula is C27H27FN2O5. The Labute approximate surface area is 203 Å². The first-order valence-corrected chi connectivity index (χ1v) is 11.2. The van der Waals surface area contributed by atoms with E-state index in [1.165, 1.54) is 19.2 Å². The molecule has 1 saturated heterocycles. The third-order valence-electron chi connectivity index (χ3n) is 6.16. The molecule has 4 rings (SSSR count). The first kappa shape index (κ1) is 24.1. The van der Waals surface area contributed by atoms with Crippen molar-refractivity contribution in [3.8, 4) is 17.2 Å². The van der Waals surface area contributed by atoms with Gasteiger partial charge in [0, 0.05) is 18.2 Å². The molecule has 0 bridgehead atoms. The molecule has 35 heavy (non-hydrogen) atoms. The van der Waals surface area contributed by atoms with Crippen LogP contribution < -0.4 is 24.4 Å². The molecule has 1 aliphatic rings. The van der Waals surface area contributed by atoms with Crippen LogP contribution in [0.3, 0.4) is 0 Å². The SMILES string of the molecule is COc1ccc(N2C(=O)CC[C@H](C(=O)Nc3ccc(OC)cc3OC)[C@H]2c2ccc(F)cc2)cc1. The highest BCUT2D eigenvalue weighted by Gasteiger charge is 2.41. The maximum Gasteiger partial charge on any atom is 0.230 e. The van der Waals surface area contributed by atoms with E-state index in [-0.39, 0.29) is 18.2 Å². The Morgan fingerprint density at radius 1 is 0.914 bits per heavy atom. The van der Waals surface area contributed by atoms with E-state index >= 15 is 0 Å². The number of anilines is 2. The van der Waals surface area contributed by atoms with Crippen LogP contribution in [-0.2, 0) is 9.59 Å². The molecule has 7 nitrogen and oxygen atoms in total. The Morgan fingerprint density at radius 3 is 2.20 bits per heavy atom. The van der Waals surface area contributed by atoms with E-state index in [1.54, 1.807) is 73.7 Å². The van der Waals surface area contributed by atoms with Crippen LogP contribution >= 0.6 is 0 Å². The van der Waals surface area contributed by atoms with E-state index in [1.807, 2.05) is 0 Å². The van der Waals surface area contributed by atoms with Crippen LogP contribution in [0.5, 0.6) is 17.2 Å². The van der Waals surface area contributed by atoms with Crippen LogP contribution in [-0.4, -0.2) is 33.1 Å². The lowest BCUT2D eigenvalue weighted by Crippen LogP contribution is -2.47. The largest absolute Gasteiger partial charge is 0.497 e. The maximum absolute atomic E-state index is 13.7. The fraction of sp³-hybridized carbons (Fsp3) is 0.259. The number of piperidine rings is 1. The van der Waals surface area contributed by atoms with Gasteiger partial charge in [0.2, 0.25) is 11.8 Å². The zero-order chi connectivity index (χ0) is 24.9. The third kappa shape index (κ3) is 5.06. The third-order valence-corrected chi connectivity index (χ3v) is 6.16. The van der Waals surface area contributed by atoms with Crippen LogP contribution in [0.2, 0.25) is 0 Å². The first-order chi connectivity index (χ1) is 16.9. The predicted octanol–water partition coefficient (Wildman–Crippen LogP) is 4.97. The van der Waals surface area contributed by atoms with Crippen LogP contribution in [0.15, 0.2) is 66.7 Å². The fourth-order valence-corrected chi connectivity index (χ4v) is 4.38. The number of hydrogen-bond donors (Lipinski definition) is 1. The highest BCUT2D eigenvalue weighted by atomic mass is 19.1. The number of nitrogens with zero attached hydrogens (tertiary/aromatic N) is 1. The van der Waals surface area contributed by atoms with E-state index in [0.717, 1.165) is 0 Å². The number of carbonyl (C=O) groups excluding carboxylic acids is 2.